The van der Waals surface area contributed by atoms with E-state index in [0.717, 1.165) is 11.3 Å². The molecule has 0 spiro atoms. The fraction of sp³-hybridized carbons (Fsp3) is 0.364. The average Bonchev–Trinajstić information content (AvgIpc) is 2.53. The minimum atomic E-state index is -0.0730. The van der Waals surface area contributed by atoms with E-state index in [-0.39, 0.29) is 17.7 Å². The van der Waals surface area contributed by atoms with Gasteiger partial charge in [0, 0.05) is 5.69 Å². The topological polar surface area (TPSA) is 55.1 Å². The Morgan fingerprint density at radius 3 is 2.93 bits per heavy atom. The molecule has 1 aliphatic rings. The zero-order valence-electron chi connectivity index (χ0n) is 8.16. The Balaban J connectivity index is 2.39. The summed E-state index contributed by atoms with van der Waals surface area (Å²) in [5.74, 6) is 0.194. The van der Waals surface area contributed by atoms with Gasteiger partial charge in [0.15, 0.2) is 0 Å². The van der Waals surface area contributed by atoms with Crippen molar-refractivity contribution >= 4 is 11.6 Å². The molecule has 0 bridgehead atoms. The Labute approximate surface area is 83.3 Å². The smallest absolute Gasteiger partial charge is 0.232 e. The number of para-hydroxylation sites is 1. The van der Waals surface area contributed by atoms with Crippen molar-refractivity contribution in [2.24, 2.45) is 11.7 Å². The van der Waals surface area contributed by atoms with Crippen LogP contribution in [0.15, 0.2) is 24.3 Å². The Morgan fingerprint density at radius 1 is 1.50 bits per heavy atom. The third-order valence-corrected chi connectivity index (χ3v) is 2.78. The summed E-state index contributed by atoms with van der Waals surface area (Å²) in [6.45, 7) is 2.54. The zero-order chi connectivity index (χ0) is 10.1. The second-order valence-electron chi connectivity index (χ2n) is 3.77. The van der Waals surface area contributed by atoms with Crippen LogP contribution in [0.25, 0.3) is 0 Å². The number of nitrogens with one attached hydrogen (secondary N) is 1. The van der Waals surface area contributed by atoms with Crippen molar-refractivity contribution in [1.29, 1.82) is 0 Å². The van der Waals surface area contributed by atoms with E-state index < -0.39 is 0 Å². The minimum Gasteiger partial charge on any atom is -0.330 e. The molecule has 1 amide bonds. The first-order chi connectivity index (χ1) is 6.74. The van der Waals surface area contributed by atoms with Crippen LogP contribution < -0.4 is 11.1 Å². The van der Waals surface area contributed by atoms with Gasteiger partial charge in [-0.1, -0.05) is 25.1 Å². The summed E-state index contributed by atoms with van der Waals surface area (Å²) in [5.41, 5.74) is 7.60. The van der Waals surface area contributed by atoms with E-state index >= 15 is 0 Å². The van der Waals surface area contributed by atoms with Crippen LogP contribution in [0.3, 0.4) is 0 Å². The van der Waals surface area contributed by atoms with Gasteiger partial charge in [0.1, 0.15) is 0 Å². The van der Waals surface area contributed by atoms with Crippen LogP contribution >= 0.6 is 0 Å². The van der Waals surface area contributed by atoms with Gasteiger partial charge in [0.2, 0.25) is 5.91 Å². The van der Waals surface area contributed by atoms with Gasteiger partial charge >= 0.3 is 0 Å². The molecule has 1 aromatic rings. The van der Waals surface area contributed by atoms with E-state index in [1.807, 2.05) is 31.2 Å². The molecule has 0 fully saturated rings. The van der Waals surface area contributed by atoms with Crippen molar-refractivity contribution in [2.45, 2.75) is 12.8 Å². The standard InChI is InChI=1S/C11H14N2O/c1-7(6-12)10-8-4-2-3-5-9(8)13-11(10)14/h2-5,7,10H,6,12H2,1H3,(H,13,14). The average molecular weight is 190 g/mol. The van der Waals surface area contributed by atoms with Crippen molar-refractivity contribution < 1.29 is 4.79 Å². The van der Waals surface area contributed by atoms with E-state index in [1.54, 1.807) is 0 Å². The maximum atomic E-state index is 11.7. The highest BCUT2D eigenvalue weighted by Gasteiger charge is 2.33. The third-order valence-electron chi connectivity index (χ3n) is 2.78. The summed E-state index contributed by atoms with van der Waals surface area (Å²) >= 11 is 0. The number of amides is 1. The van der Waals surface area contributed by atoms with E-state index in [9.17, 15) is 4.79 Å². The van der Waals surface area contributed by atoms with Gasteiger partial charge < -0.3 is 11.1 Å². The number of carbonyl (C=O) groups is 1. The molecule has 0 saturated heterocycles. The Bertz CT molecular complexity index is 362. The molecule has 0 radical (unpaired) electrons. The van der Waals surface area contributed by atoms with Gasteiger partial charge in [0.25, 0.3) is 0 Å². The second kappa shape index (κ2) is 3.42. The lowest BCUT2D eigenvalue weighted by Crippen LogP contribution is -2.24. The lowest BCUT2D eigenvalue weighted by atomic mass is 9.88. The molecule has 1 heterocycles. The van der Waals surface area contributed by atoms with Crippen molar-refractivity contribution in [3.8, 4) is 0 Å². The second-order valence-corrected chi connectivity index (χ2v) is 3.77. The van der Waals surface area contributed by atoms with Gasteiger partial charge in [0.05, 0.1) is 5.92 Å². The first-order valence-electron chi connectivity index (χ1n) is 4.84. The lowest BCUT2D eigenvalue weighted by Gasteiger charge is -2.15. The van der Waals surface area contributed by atoms with Gasteiger partial charge in [-0.05, 0) is 24.1 Å². The summed E-state index contributed by atoms with van der Waals surface area (Å²) in [7, 11) is 0. The monoisotopic (exact) mass is 190 g/mol. The Kier molecular flexibility index (Phi) is 2.25. The predicted octanol–water partition coefficient (Wildman–Crippen LogP) is 1.32. The number of benzene rings is 1. The van der Waals surface area contributed by atoms with Crippen molar-refractivity contribution in [2.75, 3.05) is 11.9 Å². The van der Waals surface area contributed by atoms with Crippen molar-refractivity contribution in [3.05, 3.63) is 29.8 Å². The molecule has 1 aliphatic heterocycles. The van der Waals surface area contributed by atoms with Crippen molar-refractivity contribution in [1.82, 2.24) is 0 Å². The quantitative estimate of drug-likeness (QED) is 0.739. The van der Waals surface area contributed by atoms with Crippen LogP contribution in [0.4, 0.5) is 5.69 Å². The van der Waals surface area contributed by atoms with Crippen LogP contribution in [0.1, 0.15) is 18.4 Å². The minimum absolute atomic E-state index is 0.0730. The molecule has 1 aromatic carbocycles. The highest BCUT2D eigenvalue weighted by atomic mass is 16.2. The molecule has 0 saturated carbocycles. The fourth-order valence-electron chi connectivity index (χ4n) is 1.93. The number of nitrogens with two attached hydrogens (primary N) is 1. The highest BCUT2D eigenvalue weighted by molar-refractivity contribution is 6.03. The van der Waals surface area contributed by atoms with Crippen LogP contribution in [0.5, 0.6) is 0 Å². The summed E-state index contributed by atoms with van der Waals surface area (Å²) in [6, 6.07) is 7.80. The molecule has 3 N–H and O–H groups in total. The van der Waals surface area contributed by atoms with E-state index in [1.165, 1.54) is 0 Å². The molecular weight excluding hydrogens is 176 g/mol. The highest BCUT2D eigenvalue weighted by Crippen LogP contribution is 2.36. The number of carbonyl (C=O) groups excluding carboxylic acids is 1. The molecule has 0 aliphatic carbocycles. The Hall–Kier alpha value is -1.35. The number of rotatable bonds is 2. The number of hydrogen-bond donors (Lipinski definition) is 2. The van der Waals surface area contributed by atoms with Crippen LogP contribution in [0.2, 0.25) is 0 Å². The molecule has 0 aromatic heterocycles. The maximum absolute atomic E-state index is 11.7. The third kappa shape index (κ3) is 1.30. The van der Waals surface area contributed by atoms with E-state index in [4.69, 9.17) is 5.73 Å². The van der Waals surface area contributed by atoms with Gasteiger partial charge in [-0.2, -0.15) is 0 Å². The summed E-state index contributed by atoms with van der Waals surface area (Å²) < 4.78 is 0. The summed E-state index contributed by atoms with van der Waals surface area (Å²) in [4.78, 5) is 11.7. The number of fused-ring (bicyclic) bond motifs is 1. The molecule has 3 heteroatoms. The van der Waals surface area contributed by atoms with Crippen LogP contribution in [0, 0.1) is 5.92 Å². The fourth-order valence-corrected chi connectivity index (χ4v) is 1.93. The molecule has 2 atom stereocenters. The normalized spacial score (nSPS) is 21.6. The van der Waals surface area contributed by atoms with Gasteiger partial charge in [-0.3, -0.25) is 4.79 Å². The molecule has 74 valence electrons. The van der Waals surface area contributed by atoms with Gasteiger partial charge in [-0.25, -0.2) is 0 Å². The van der Waals surface area contributed by atoms with Crippen LogP contribution in [-0.4, -0.2) is 12.5 Å². The summed E-state index contributed by atoms with van der Waals surface area (Å²) in [6.07, 6.45) is 0. The maximum Gasteiger partial charge on any atom is 0.232 e. The lowest BCUT2D eigenvalue weighted by molar-refractivity contribution is -0.117. The predicted molar refractivity (Wildman–Crippen MR) is 56.0 cm³/mol. The van der Waals surface area contributed by atoms with Gasteiger partial charge in [-0.15, -0.1) is 0 Å². The largest absolute Gasteiger partial charge is 0.330 e. The summed E-state index contributed by atoms with van der Waals surface area (Å²) in [5, 5.41) is 2.87. The Morgan fingerprint density at radius 2 is 2.21 bits per heavy atom. The first-order valence-corrected chi connectivity index (χ1v) is 4.84. The number of hydrogen-bond acceptors (Lipinski definition) is 2. The van der Waals surface area contributed by atoms with Crippen LogP contribution in [-0.2, 0) is 4.79 Å². The molecule has 14 heavy (non-hydrogen) atoms. The molecule has 2 unspecified atom stereocenters. The zero-order valence-corrected chi connectivity index (χ0v) is 8.16. The van der Waals surface area contributed by atoms with Crippen molar-refractivity contribution in [3.63, 3.8) is 0 Å². The molecule has 3 nitrogen and oxygen atoms in total. The first kappa shape index (κ1) is 9.21. The van der Waals surface area contributed by atoms with E-state index in [0.29, 0.717) is 6.54 Å². The number of anilines is 1. The molecular formula is C11H14N2O. The van der Waals surface area contributed by atoms with E-state index in [2.05, 4.69) is 5.32 Å². The SMILES string of the molecule is CC(CN)C1C(=O)Nc2ccccc21. The molecule has 2 rings (SSSR count).